The summed E-state index contributed by atoms with van der Waals surface area (Å²) in [4.78, 5) is 0. The van der Waals surface area contributed by atoms with Crippen LogP contribution in [0, 0.1) is 5.92 Å². The van der Waals surface area contributed by atoms with Crippen LogP contribution < -0.4 is 5.32 Å². The van der Waals surface area contributed by atoms with Gasteiger partial charge in [-0.05, 0) is 32.2 Å². The molecule has 66 valence electrons. The van der Waals surface area contributed by atoms with Crippen LogP contribution in [0.25, 0.3) is 0 Å². The molecule has 0 aliphatic heterocycles. The average molecular weight is 176 g/mol. The molecule has 2 heteroatoms. The van der Waals surface area contributed by atoms with Gasteiger partial charge in [0.05, 0.1) is 0 Å². The van der Waals surface area contributed by atoms with E-state index in [4.69, 9.17) is 11.6 Å². The first-order valence-corrected chi connectivity index (χ1v) is 5.15. The van der Waals surface area contributed by atoms with Gasteiger partial charge in [-0.1, -0.05) is 12.8 Å². The van der Waals surface area contributed by atoms with Gasteiger partial charge in [0.15, 0.2) is 0 Å². The lowest BCUT2D eigenvalue weighted by Crippen LogP contribution is -2.32. The summed E-state index contributed by atoms with van der Waals surface area (Å²) in [6.07, 6.45) is 6.78. The summed E-state index contributed by atoms with van der Waals surface area (Å²) >= 11 is 5.71. The maximum Gasteiger partial charge on any atom is 0.0238 e. The fraction of sp³-hybridized carbons (Fsp3) is 1.00. The first kappa shape index (κ1) is 9.34. The van der Waals surface area contributed by atoms with Crippen molar-refractivity contribution in [1.29, 1.82) is 0 Å². The summed E-state index contributed by atoms with van der Waals surface area (Å²) in [6.45, 7) is 0. The van der Waals surface area contributed by atoms with Gasteiger partial charge < -0.3 is 5.32 Å². The highest BCUT2D eigenvalue weighted by Gasteiger charge is 2.22. The van der Waals surface area contributed by atoms with Crippen LogP contribution in [0.1, 0.15) is 32.1 Å². The summed E-state index contributed by atoms with van der Waals surface area (Å²) in [7, 11) is 2.05. The molecule has 1 unspecified atom stereocenters. The molecule has 1 aliphatic carbocycles. The molecule has 1 nitrogen and oxygen atoms in total. The Labute approximate surface area is 74.5 Å². The van der Waals surface area contributed by atoms with Crippen molar-refractivity contribution in [3.05, 3.63) is 0 Å². The molecule has 11 heavy (non-hydrogen) atoms. The van der Waals surface area contributed by atoms with Crippen molar-refractivity contribution in [2.24, 2.45) is 5.92 Å². The van der Waals surface area contributed by atoms with Crippen LogP contribution in [0.4, 0.5) is 0 Å². The van der Waals surface area contributed by atoms with E-state index < -0.39 is 0 Å². The average Bonchev–Trinajstić information content (AvgIpc) is 2.52. The summed E-state index contributed by atoms with van der Waals surface area (Å²) in [5, 5.41) is 3.36. The van der Waals surface area contributed by atoms with Crippen LogP contribution >= 0.6 is 11.6 Å². The molecule has 0 aromatic carbocycles. The molecule has 1 atom stereocenters. The second kappa shape index (κ2) is 5.00. The summed E-state index contributed by atoms with van der Waals surface area (Å²) in [6, 6.07) is 0.676. The van der Waals surface area contributed by atoms with Gasteiger partial charge in [-0.25, -0.2) is 0 Å². The molecule has 0 heterocycles. The molecule has 1 rings (SSSR count). The predicted octanol–water partition coefficient (Wildman–Crippen LogP) is 2.39. The van der Waals surface area contributed by atoms with Crippen molar-refractivity contribution in [3.63, 3.8) is 0 Å². The Morgan fingerprint density at radius 1 is 1.45 bits per heavy atom. The minimum Gasteiger partial charge on any atom is -0.317 e. The number of alkyl halides is 1. The predicted molar refractivity (Wildman–Crippen MR) is 50.1 cm³/mol. The van der Waals surface area contributed by atoms with E-state index in [1.807, 2.05) is 0 Å². The smallest absolute Gasteiger partial charge is 0.0238 e. The molecule has 0 spiro atoms. The van der Waals surface area contributed by atoms with Gasteiger partial charge in [-0.2, -0.15) is 0 Å². The molecule has 1 saturated carbocycles. The number of hydrogen-bond acceptors (Lipinski definition) is 1. The van der Waals surface area contributed by atoms with Gasteiger partial charge in [0.25, 0.3) is 0 Å². The second-order valence-electron chi connectivity index (χ2n) is 3.42. The summed E-state index contributed by atoms with van der Waals surface area (Å²) < 4.78 is 0. The van der Waals surface area contributed by atoms with Gasteiger partial charge in [0.2, 0.25) is 0 Å². The Morgan fingerprint density at radius 2 is 2.09 bits per heavy atom. The lowest BCUT2D eigenvalue weighted by atomic mass is 9.96. The van der Waals surface area contributed by atoms with E-state index in [-0.39, 0.29) is 0 Å². The highest BCUT2D eigenvalue weighted by Crippen LogP contribution is 2.28. The zero-order valence-corrected chi connectivity index (χ0v) is 8.03. The summed E-state index contributed by atoms with van der Waals surface area (Å²) in [5.41, 5.74) is 0. The molecule has 0 radical (unpaired) electrons. The summed E-state index contributed by atoms with van der Waals surface area (Å²) in [5.74, 6) is 1.70. The van der Waals surface area contributed by atoms with Gasteiger partial charge in [0.1, 0.15) is 0 Å². The van der Waals surface area contributed by atoms with Gasteiger partial charge in [-0.3, -0.25) is 0 Å². The van der Waals surface area contributed by atoms with E-state index in [9.17, 15) is 0 Å². The number of halogens is 1. The largest absolute Gasteiger partial charge is 0.317 e. The quantitative estimate of drug-likeness (QED) is 0.648. The first-order chi connectivity index (χ1) is 5.38. The van der Waals surface area contributed by atoms with Crippen molar-refractivity contribution in [3.8, 4) is 0 Å². The molecule has 0 bridgehead atoms. The highest BCUT2D eigenvalue weighted by molar-refractivity contribution is 6.17. The lowest BCUT2D eigenvalue weighted by molar-refractivity contribution is 0.371. The monoisotopic (exact) mass is 175 g/mol. The fourth-order valence-corrected chi connectivity index (χ4v) is 2.33. The van der Waals surface area contributed by atoms with Crippen LogP contribution in [0.3, 0.4) is 0 Å². The van der Waals surface area contributed by atoms with Gasteiger partial charge in [-0.15, -0.1) is 11.6 Å². The molecule has 1 fully saturated rings. The number of nitrogens with one attached hydrogen (secondary N) is 1. The van der Waals surface area contributed by atoms with Crippen molar-refractivity contribution in [2.75, 3.05) is 12.9 Å². The Hall–Kier alpha value is 0.250. The Balaban J connectivity index is 2.27. The van der Waals surface area contributed by atoms with Crippen LogP contribution in [0.5, 0.6) is 0 Å². The molecule has 0 amide bonds. The SMILES string of the molecule is CNC(CCCl)C1CCCC1. The molecule has 1 aliphatic rings. The third-order valence-corrected chi connectivity index (χ3v) is 2.98. The van der Waals surface area contributed by atoms with Crippen LogP contribution in [0.2, 0.25) is 0 Å². The lowest BCUT2D eigenvalue weighted by Gasteiger charge is -2.21. The molecule has 0 saturated heterocycles. The van der Waals surface area contributed by atoms with E-state index in [0.717, 1.165) is 18.2 Å². The first-order valence-electron chi connectivity index (χ1n) is 4.61. The van der Waals surface area contributed by atoms with Gasteiger partial charge >= 0.3 is 0 Å². The van der Waals surface area contributed by atoms with E-state index in [1.54, 1.807) is 0 Å². The molecular formula is C9H18ClN. The second-order valence-corrected chi connectivity index (χ2v) is 3.80. The zero-order chi connectivity index (χ0) is 8.10. The van der Waals surface area contributed by atoms with E-state index in [1.165, 1.54) is 25.7 Å². The van der Waals surface area contributed by atoms with Crippen molar-refractivity contribution in [2.45, 2.75) is 38.1 Å². The van der Waals surface area contributed by atoms with Crippen LogP contribution in [-0.4, -0.2) is 19.0 Å². The van der Waals surface area contributed by atoms with Crippen LogP contribution in [0.15, 0.2) is 0 Å². The molecular weight excluding hydrogens is 158 g/mol. The van der Waals surface area contributed by atoms with E-state index in [0.29, 0.717) is 6.04 Å². The Morgan fingerprint density at radius 3 is 2.55 bits per heavy atom. The zero-order valence-electron chi connectivity index (χ0n) is 7.28. The Bertz CT molecular complexity index is 99.7. The normalized spacial score (nSPS) is 22.4. The number of hydrogen-bond donors (Lipinski definition) is 1. The van der Waals surface area contributed by atoms with Gasteiger partial charge in [0, 0.05) is 11.9 Å². The maximum absolute atomic E-state index is 5.71. The standard InChI is InChI=1S/C9H18ClN/c1-11-9(6-7-10)8-4-2-3-5-8/h8-9,11H,2-7H2,1H3. The van der Waals surface area contributed by atoms with Crippen molar-refractivity contribution in [1.82, 2.24) is 5.32 Å². The van der Waals surface area contributed by atoms with Crippen LogP contribution in [-0.2, 0) is 0 Å². The van der Waals surface area contributed by atoms with Crippen molar-refractivity contribution >= 4 is 11.6 Å². The van der Waals surface area contributed by atoms with E-state index >= 15 is 0 Å². The third-order valence-electron chi connectivity index (χ3n) is 2.76. The molecule has 1 N–H and O–H groups in total. The van der Waals surface area contributed by atoms with Crippen molar-refractivity contribution < 1.29 is 0 Å². The third kappa shape index (κ3) is 2.64. The topological polar surface area (TPSA) is 12.0 Å². The molecule has 0 aromatic heterocycles. The minimum atomic E-state index is 0.676. The highest BCUT2D eigenvalue weighted by atomic mass is 35.5. The fourth-order valence-electron chi connectivity index (χ4n) is 2.09. The van der Waals surface area contributed by atoms with E-state index in [2.05, 4.69) is 12.4 Å². The Kier molecular flexibility index (Phi) is 4.24. The minimum absolute atomic E-state index is 0.676. The molecule has 0 aromatic rings. The number of rotatable bonds is 4. The maximum atomic E-state index is 5.71.